The van der Waals surface area contributed by atoms with Gasteiger partial charge in [0, 0.05) is 51.0 Å². The fourth-order valence-corrected chi connectivity index (χ4v) is 3.21. The maximum Gasteiger partial charge on any atom is 0.272 e. The number of amides is 1. The van der Waals surface area contributed by atoms with Crippen molar-refractivity contribution in [3.63, 3.8) is 0 Å². The number of aromatic nitrogens is 2. The first-order valence-electron chi connectivity index (χ1n) is 9.09. The molecule has 2 aromatic heterocycles. The normalized spacial score (nSPS) is 14.8. The third kappa shape index (κ3) is 4.78. The zero-order chi connectivity index (χ0) is 17.5. The Balaban J connectivity index is 1.63. The van der Waals surface area contributed by atoms with Crippen LogP contribution in [0, 0.1) is 0 Å². The molecule has 5 heteroatoms. The predicted molar refractivity (Wildman–Crippen MR) is 99.8 cm³/mol. The monoisotopic (exact) mass is 338 g/mol. The summed E-state index contributed by atoms with van der Waals surface area (Å²) in [5.74, 6) is -0.0225. The van der Waals surface area contributed by atoms with Gasteiger partial charge < -0.3 is 9.80 Å². The maximum atomic E-state index is 12.7. The van der Waals surface area contributed by atoms with E-state index >= 15 is 0 Å². The lowest BCUT2D eigenvalue weighted by atomic mass is 10.2. The Kier molecular flexibility index (Phi) is 5.99. The maximum absolute atomic E-state index is 12.7. The van der Waals surface area contributed by atoms with Crippen LogP contribution in [0.1, 0.15) is 41.7 Å². The Morgan fingerprint density at radius 2 is 1.80 bits per heavy atom. The Hall–Kier alpha value is -2.43. The first kappa shape index (κ1) is 17.4. The van der Waals surface area contributed by atoms with Crippen molar-refractivity contribution in [2.75, 3.05) is 31.6 Å². The van der Waals surface area contributed by atoms with Crippen molar-refractivity contribution >= 4 is 11.6 Å². The average molecular weight is 338 g/mol. The molecule has 1 amide bonds. The second-order valence-corrected chi connectivity index (χ2v) is 6.63. The third-order valence-corrected chi connectivity index (χ3v) is 4.77. The van der Waals surface area contributed by atoms with E-state index in [1.54, 1.807) is 23.5 Å². The van der Waals surface area contributed by atoms with E-state index in [1.807, 2.05) is 31.3 Å². The van der Waals surface area contributed by atoms with Crippen LogP contribution in [0.3, 0.4) is 0 Å². The second-order valence-electron chi connectivity index (χ2n) is 6.63. The summed E-state index contributed by atoms with van der Waals surface area (Å²) in [5, 5.41) is 0. The molecule has 5 nitrogen and oxygen atoms in total. The number of pyridine rings is 2. The van der Waals surface area contributed by atoms with Crippen LogP contribution in [0.25, 0.3) is 0 Å². The highest BCUT2D eigenvalue weighted by molar-refractivity contribution is 5.93. The van der Waals surface area contributed by atoms with Gasteiger partial charge in [-0.2, -0.15) is 0 Å². The molecule has 3 heterocycles. The van der Waals surface area contributed by atoms with Crippen LogP contribution >= 0.6 is 0 Å². The van der Waals surface area contributed by atoms with E-state index in [9.17, 15) is 4.79 Å². The molecule has 0 spiro atoms. The summed E-state index contributed by atoms with van der Waals surface area (Å²) in [5.41, 5.74) is 2.82. The van der Waals surface area contributed by atoms with Gasteiger partial charge in [-0.3, -0.25) is 14.8 Å². The number of carbonyl (C=O) groups is 1. The van der Waals surface area contributed by atoms with Crippen LogP contribution in [0.5, 0.6) is 0 Å². The average Bonchev–Trinajstić information content (AvgIpc) is 2.96. The summed E-state index contributed by atoms with van der Waals surface area (Å²) < 4.78 is 0. The van der Waals surface area contributed by atoms with E-state index in [0.29, 0.717) is 12.2 Å². The fraction of sp³-hybridized carbons (Fsp3) is 0.450. The minimum Gasteiger partial charge on any atom is -0.371 e. The molecule has 0 radical (unpaired) electrons. The molecule has 132 valence electrons. The van der Waals surface area contributed by atoms with E-state index < -0.39 is 0 Å². The highest BCUT2D eigenvalue weighted by Gasteiger charge is 2.16. The van der Waals surface area contributed by atoms with Gasteiger partial charge in [0.2, 0.25) is 0 Å². The molecule has 0 bridgehead atoms. The van der Waals surface area contributed by atoms with Crippen molar-refractivity contribution in [1.29, 1.82) is 0 Å². The molecule has 1 aliphatic heterocycles. The van der Waals surface area contributed by atoms with Gasteiger partial charge in [-0.1, -0.05) is 12.8 Å². The Morgan fingerprint density at radius 1 is 1.08 bits per heavy atom. The molecule has 1 fully saturated rings. The van der Waals surface area contributed by atoms with E-state index in [0.717, 1.165) is 25.2 Å². The standard InChI is InChI=1S/C20H26N4O/c1-23(15-9-17-6-10-21-11-7-17)20(25)19-16-18(8-12-22-19)24-13-4-2-3-5-14-24/h6-8,10-12,16H,2-5,9,13-15H2,1H3. The summed E-state index contributed by atoms with van der Waals surface area (Å²) in [7, 11) is 1.84. The molecular weight excluding hydrogens is 312 g/mol. The third-order valence-electron chi connectivity index (χ3n) is 4.77. The summed E-state index contributed by atoms with van der Waals surface area (Å²) in [6.45, 7) is 2.80. The molecule has 2 aromatic rings. The molecule has 1 aliphatic rings. The molecule has 0 aromatic carbocycles. The van der Waals surface area contributed by atoms with E-state index in [4.69, 9.17) is 0 Å². The first-order valence-corrected chi connectivity index (χ1v) is 9.09. The zero-order valence-electron chi connectivity index (χ0n) is 14.9. The van der Waals surface area contributed by atoms with Gasteiger partial charge in [0.1, 0.15) is 5.69 Å². The summed E-state index contributed by atoms with van der Waals surface area (Å²) in [4.78, 5) is 25.2. The van der Waals surface area contributed by atoms with Gasteiger partial charge in [0.05, 0.1) is 0 Å². The van der Waals surface area contributed by atoms with Crippen molar-refractivity contribution in [1.82, 2.24) is 14.9 Å². The van der Waals surface area contributed by atoms with Crippen molar-refractivity contribution in [3.8, 4) is 0 Å². The highest BCUT2D eigenvalue weighted by Crippen LogP contribution is 2.20. The Bertz CT molecular complexity index is 681. The van der Waals surface area contributed by atoms with Gasteiger partial charge in [-0.15, -0.1) is 0 Å². The van der Waals surface area contributed by atoms with Crippen LogP contribution in [-0.2, 0) is 6.42 Å². The van der Waals surface area contributed by atoms with E-state index in [-0.39, 0.29) is 5.91 Å². The van der Waals surface area contributed by atoms with Gasteiger partial charge in [0.15, 0.2) is 0 Å². The van der Waals surface area contributed by atoms with E-state index in [2.05, 4.69) is 14.9 Å². The fourth-order valence-electron chi connectivity index (χ4n) is 3.21. The van der Waals surface area contributed by atoms with Crippen molar-refractivity contribution in [3.05, 3.63) is 54.1 Å². The molecule has 0 unspecified atom stereocenters. The van der Waals surface area contributed by atoms with Crippen LogP contribution in [0.4, 0.5) is 5.69 Å². The largest absolute Gasteiger partial charge is 0.371 e. The molecule has 1 saturated heterocycles. The number of rotatable bonds is 5. The highest BCUT2D eigenvalue weighted by atomic mass is 16.2. The topological polar surface area (TPSA) is 49.3 Å². The predicted octanol–water partition coefficient (Wildman–Crippen LogP) is 3.17. The quantitative estimate of drug-likeness (QED) is 0.840. The van der Waals surface area contributed by atoms with Crippen LogP contribution in [0.2, 0.25) is 0 Å². The second kappa shape index (κ2) is 8.60. The number of anilines is 1. The van der Waals surface area contributed by atoms with E-state index in [1.165, 1.54) is 31.2 Å². The van der Waals surface area contributed by atoms with Gasteiger partial charge in [-0.05, 0) is 49.1 Å². The Labute approximate surface area is 149 Å². The number of carbonyl (C=O) groups excluding carboxylic acids is 1. The van der Waals surface area contributed by atoms with Crippen molar-refractivity contribution in [2.45, 2.75) is 32.1 Å². The number of likely N-dealkylation sites (N-methyl/N-ethyl adjacent to an activating group) is 1. The van der Waals surface area contributed by atoms with Crippen molar-refractivity contribution < 1.29 is 4.79 Å². The van der Waals surface area contributed by atoms with Gasteiger partial charge in [0.25, 0.3) is 5.91 Å². The lowest BCUT2D eigenvalue weighted by Crippen LogP contribution is -2.30. The van der Waals surface area contributed by atoms with Crippen LogP contribution < -0.4 is 4.90 Å². The molecule has 0 saturated carbocycles. The molecule has 0 aliphatic carbocycles. The molecule has 25 heavy (non-hydrogen) atoms. The Morgan fingerprint density at radius 3 is 2.52 bits per heavy atom. The molecule has 3 rings (SSSR count). The van der Waals surface area contributed by atoms with Crippen molar-refractivity contribution in [2.24, 2.45) is 0 Å². The number of nitrogens with zero attached hydrogens (tertiary/aromatic N) is 4. The summed E-state index contributed by atoms with van der Waals surface area (Å²) in [6.07, 6.45) is 11.2. The number of hydrogen-bond acceptors (Lipinski definition) is 4. The van der Waals surface area contributed by atoms with Crippen LogP contribution in [-0.4, -0.2) is 47.5 Å². The minimum absolute atomic E-state index is 0.0225. The first-order chi connectivity index (χ1) is 12.2. The lowest BCUT2D eigenvalue weighted by molar-refractivity contribution is 0.0791. The summed E-state index contributed by atoms with van der Waals surface area (Å²) in [6, 6.07) is 7.92. The van der Waals surface area contributed by atoms with Gasteiger partial charge >= 0.3 is 0 Å². The molecular formula is C20H26N4O. The number of hydrogen-bond donors (Lipinski definition) is 0. The smallest absolute Gasteiger partial charge is 0.272 e. The minimum atomic E-state index is -0.0225. The molecule has 0 N–H and O–H groups in total. The SMILES string of the molecule is CN(CCc1ccncc1)C(=O)c1cc(N2CCCCCC2)ccn1. The zero-order valence-corrected chi connectivity index (χ0v) is 14.9. The van der Waals surface area contributed by atoms with Crippen LogP contribution in [0.15, 0.2) is 42.9 Å². The lowest BCUT2D eigenvalue weighted by Gasteiger charge is -2.23. The molecule has 0 atom stereocenters. The van der Waals surface area contributed by atoms with Gasteiger partial charge in [-0.25, -0.2) is 0 Å². The summed E-state index contributed by atoms with van der Waals surface area (Å²) >= 11 is 0.